The summed E-state index contributed by atoms with van der Waals surface area (Å²) in [5.41, 5.74) is 2.63. The second-order valence-corrected chi connectivity index (χ2v) is 7.14. The second-order valence-electron chi connectivity index (χ2n) is 7.14. The number of aryl methyl sites for hydroxylation is 1. The van der Waals surface area contributed by atoms with E-state index in [1.54, 1.807) is 7.11 Å². The number of benzene rings is 2. The molecule has 26 heavy (non-hydrogen) atoms. The first kappa shape index (κ1) is 18.5. The summed E-state index contributed by atoms with van der Waals surface area (Å²) in [4.78, 5) is 14.8. The Balaban J connectivity index is 1.55. The number of hydrogen-bond donors (Lipinski definition) is 0. The number of carbonyl (C=O) groups excluding carboxylic acids is 1. The molecule has 1 amide bonds. The highest BCUT2D eigenvalue weighted by molar-refractivity contribution is 5.76. The molecular weight excluding hydrogens is 322 g/mol. The molecule has 1 atom stereocenters. The van der Waals surface area contributed by atoms with E-state index in [2.05, 4.69) is 41.3 Å². The second kappa shape index (κ2) is 9.42. The summed E-state index contributed by atoms with van der Waals surface area (Å²) in [6.45, 7) is 1.74. The Morgan fingerprint density at radius 2 is 1.85 bits per heavy atom. The van der Waals surface area contributed by atoms with E-state index in [0.29, 0.717) is 18.2 Å². The fourth-order valence-corrected chi connectivity index (χ4v) is 3.76. The lowest BCUT2D eigenvalue weighted by atomic mass is 9.94. The monoisotopic (exact) mass is 351 g/mol. The van der Waals surface area contributed by atoms with Gasteiger partial charge in [0.2, 0.25) is 5.91 Å². The zero-order valence-electron chi connectivity index (χ0n) is 15.7. The van der Waals surface area contributed by atoms with E-state index < -0.39 is 0 Å². The van der Waals surface area contributed by atoms with Gasteiger partial charge >= 0.3 is 0 Å². The molecule has 2 aromatic carbocycles. The van der Waals surface area contributed by atoms with Crippen molar-refractivity contribution >= 4 is 5.91 Å². The Kier molecular flexibility index (Phi) is 6.70. The minimum Gasteiger partial charge on any atom is -0.497 e. The molecule has 1 heterocycles. The van der Waals surface area contributed by atoms with Gasteiger partial charge in [0.1, 0.15) is 5.75 Å². The van der Waals surface area contributed by atoms with E-state index in [0.717, 1.165) is 44.5 Å². The molecule has 2 aromatic rings. The van der Waals surface area contributed by atoms with Gasteiger partial charge < -0.3 is 9.64 Å². The Labute approximate surface area is 157 Å². The molecule has 1 aliphatic rings. The molecule has 1 saturated heterocycles. The standard InChI is InChI=1S/C23H29NO2/c1-26-22-15-13-20(14-16-22)21-11-5-6-17-24(18-21)23(25)12-7-10-19-8-3-2-4-9-19/h2-4,8-9,13-16,21H,5-7,10-12,17-18H2,1H3. The number of likely N-dealkylation sites (tertiary alicyclic amines) is 1. The molecular formula is C23H29NO2. The van der Waals surface area contributed by atoms with Crippen LogP contribution in [0.3, 0.4) is 0 Å². The van der Waals surface area contributed by atoms with Crippen molar-refractivity contribution in [2.75, 3.05) is 20.2 Å². The highest BCUT2D eigenvalue weighted by Crippen LogP contribution is 2.28. The Morgan fingerprint density at radius 3 is 2.58 bits per heavy atom. The number of carbonyl (C=O) groups is 1. The van der Waals surface area contributed by atoms with E-state index in [1.807, 2.05) is 18.2 Å². The van der Waals surface area contributed by atoms with E-state index in [-0.39, 0.29) is 0 Å². The maximum atomic E-state index is 12.7. The normalized spacial score (nSPS) is 17.6. The van der Waals surface area contributed by atoms with Crippen molar-refractivity contribution in [1.82, 2.24) is 4.90 Å². The van der Waals surface area contributed by atoms with Crippen LogP contribution in [0.1, 0.15) is 49.1 Å². The number of hydrogen-bond acceptors (Lipinski definition) is 2. The molecule has 3 rings (SSSR count). The summed E-state index contributed by atoms with van der Waals surface area (Å²) in [6, 6.07) is 18.8. The molecule has 0 spiro atoms. The number of nitrogens with zero attached hydrogens (tertiary/aromatic N) is 1. The third-order valence-electron chi connectivity index (χ3n) is 5.31. The van der Waals surface area contributed by atoms with Crippen molar-refractivity contribution < 1.29 is 9.53 Å². The summed E-state index contributed by atoms with van der Waals surface area (Å²) in [5.74, 6) is 1.62. The van der Waals surface area contributed by atoms with Crippen molar-refractivity contribution in [2.45, 2.75) is 44.4 Å². The zero-order chi connectivity index (χ0) is 18.2. The van der Waals surface area contributed by atoms with Gasteiger partial charge in [0, 0.05) is 25.4 Å². The van der Waals surface area contributed by atoms with Crippen molar-refractivity contribution in [2.24, 2.45) is 0 Å². The zero-order valence-corrected chi connectivity index (χ0v) is 15.7. The van der Waals surface area contributed by atoms with Gasteiger partial charge in [-0.2, -0.15) is 0 Å². The van der Waals surface area contributed by atoms with Crippen LogP contribution in [0.2, 0.25) is 0 Å². The third-order valence-corrected chi connectivity index (χ3v) is 5.31. The van der Waals surface area contributed by atoms with Crippen LogP contribution in [0.5, 0.6) is 5.75 Å². The first-order chi connectivity index (χ1) is 12.8. The SMILES string of the molecule is COc1ccc(C2CCCCN(C(=O)CCCc3ccccc3)C2)cc1. The first-order valence-corrected chi connectivity index (χ1v) is 9.72. The van der Waals surface area contributed by atoms with E-state index in [9.17, 15) is 4.79 Å². The van der Waals surface area contributed by atoms with Crippen molar-refractivity contribution in [3.8, 4) is 5.75 Å². The van der Waals surface area contributed by atoms with E-state index in [4.69, 9.17) is 4.74 Å². The molecule has 0 N–H and O–H groups in total. The first-order valence-electron chi connectivity index (χ1n) is 9.72. The predicted octanol–water partition coefficient (Wildman–Crippen LogP) is 4.81. The number of amides is 1. The fourth-order valence-electron chi connectivity index (χ4n) is 3.76. The van der Waals surface area contributed by atoms with Crippen molar-refractivity contribution in [1.29, 1.82) is 0 Å². The maximum Gasteiger partial charge on any atom is 0.222 e. The molecule has 138 valence electrons. The van der Waals surface area contributed by atoms with Crippen LogP contribution in [-0.2, 0) is 11.2 Å². The van der Waals surface area contributed by atoms with E-state index >= 15 is 0 Å². The smallest absolute Gasteiger partial charge is 0.222 e. The van der Waals surface area contributed by atoms with Crippen LogP contribution in [0.15, 0.2) is 54.6 Å². The lowest BCUT2D eigenvalue weighted by Gasteiger charge is -2.25. The molecule has 1 aliphatic heterocycles. The largest absolute Gasteiger partial charge is 0.497 e. The summed E-state index contributed by atoms with van der Waals surface area (Å²) in [7, 11) is 1.69. The van der Waals surface area contributed by atoms with Crippen molar-refractivity contribution in [3.63, 3.8) is 0 Å². The Bertz CT molecular complexity index is 681. The number of methoxy groups -OCH3 is 1. The molecule has 3 heteroatoms. The van der Waals surface area contributed by atoms with Crippen LogP contribution in [0.25, 0.3) is 0 Å². The molecule has 1 unspecified atom stereocenters. The third kappa shape index (κ3) is 5.10. The Morgan fingerprint density at radius 1 is 1.08 bits per heavy atom. The van der Waals surface area contributed by atoms with Crippen LogP contribution in [-0.4, -0.2) is 31.0 Å². The Hall–Kier alpha value is -2.29. The topological polar surface area (TPSA) is 29.5 Å². The quantitative estimate of drug-likeness (QED) is 0.747. The molecule has 0 aromatic heterocycles. The average molecular weight is 351 g/mol. The van der Waals surface area contributed by atoms with Gasteiger partial charge in [-0.1, -0.05) is 48.9 Å². The molecule has 1 fully saturated rings. The molecule has 0 saturated carbocycles. The van der Waals surface area contributed by atoms with Gasteiger partial charge in [-0.05, 0) is 48.9 Å². The predicted molar refractivity (Wildman–Crippen MR) is 106 cm³/mol. The van der Waals surface area contributed by atoms with Gasteiger partial charge in [-0.25, -0.2) is 0 Å². The molecule has 0 radical (unpaired) electrons. The summed E-state index contributed by atoms with van der Waals surface area (Å²) < 4.78 is 5.26. The summed E-state index contributed by atoms with van der Waals surface area (Å²) >= 11 is 0. The maximum absolute atomic E-state index is 12.7. The summed E-state index contributed by atoms with van der Waals surface area (Å²) in [5, 5.41) is 0. The molecule has 0 bridgehead atoms. The van der Waals surface area contributed by atoms with Crippen LogP contribution < -0.4 is 4.74 Å². The number of rotatable bonds is 6. The molecule has 0 aliphatic carbocycles. The highest BCUT2D eigenvalue weighted by Gasteiger charge is 2.22. The molecule has 3 nitrogen and oxygen atoms in total. The fraction of sp³-hybridized carbons (Fsp3) is 0.435. The minimum atomic E-state index is 0.307. The lowest BCUT2D eigenvalue weighted by Crippen LogP contribution is -2.34. The van der Waals surface area contributed by atoms with Gasteiger partial charge in [0.25, 0.3) is 0 Å². The van der Waals surface area contributed by atoms with Gasteiger partial charge in [-0.3, -0.25) is 4.79 Å². The van der Waals surface area contributed by atoms with Gasteiger partial charge in [0.05, 0.1) is 7.11 Å². The lowest BCUT2D eigenvalue weighted by molar-refractivity contribution is -0.131. The summed E-state index contributed by atoms with van der Waals surface area (Å²) in [6.07, 6.45) is 5.99. The average Bonchev–Trinajstić information content (AvgIpc) is 2.95. The van der Waals surface area contributed by atoms with Crippen LogP contribution in [0.4, 0.5) is 0 Å². The van der Waals surface area contributed by atoms with Gasteiger partial charge in [-0.15, -0.1) is 0 Å². The number of ether oxygens (including phenoxy) is 1. The highest BCUT2D eigenvalue weighted by atomic mass is 16.5. The minimum absolute atomic E-state index is 0.307. The van der Waals surface area contributed by atoms with Crippen LogP contribution in [0, 0.1) is 0 Å². The van der Waals surface area contributed by atoms with Crippen molar-refractivity contribution in [3.05, 3.63) is 65.7 Å². The van der Waals surface area contributed by atoms with E-state index in [1.165, 1.54) is 17.5 Å². The van der Waals surface area contributed by atoms with Crippen LogP contribution >= 0.6 is 0 Å². The van der Waals surface area contributed by atoms with Gasteiger partial charge in [0.15, 0.2) is 0 Å².